The summed E-state index contributed by atoms with van der Waals surface area (Å²) in [7, 11) is 0. The second kappa shape index (κ2) is 7.47. The van der Waals surface area contributed by atoms with Crippen molar-refractivity contribution in [1.29, 1.82) is 0 Å². The first kappa shape index (κ1) is 17.6. The van der Waals surface area contributed by atoms with Crippen LogP contribution in [0.5, 0.6) is 0 Å². The Labute approximate surface area is 165 Å². The van der Waals surface area contributed by atoms with Gasteiger partial charge in [-0.25, -0.2) is 4.98 Å². The number of para-hydroxylation sites is 1. The number of hydrogen-bond acceptors (Lipinski definition) is 5. The number of carbonyl (C=O) groups excluding carboxylic acids is 1. The number of halogens is 1. The molecule has 2 heterocycles. The molecule has 3 aromatic rings. The number of amides is 1. The standard InChI is InChI=1S/C19H18ClN3OS2/c1-25-15-6-3-7-16-17(15)21-19(26-16)23-10-8-22(9-11-23)18(24)13-4-2-5-14(20)12-13/h2-7,12H,8-11H2,1H3. The van der Waals surface area contributed by atoms with Crippen molar-refractivity contribution in [3.63, 3.8) is 0 Å². The lowest BCUT2D eigenvalue weighted by Crippen LogP contribution is -2.48. The van der Waals surface area contributed by atoms with Crippen molar-refractivity contribution in [2.75, 3.05) is 37.3 Å². The van der Waals surface area contributed by atoms with Gasteiger partial charge in [-0.05, 0) is 36.6 Å². The highest BCUT2D eigenvalue weighted by Crippen LogP contribution is 2.34. The van der Waals surface area contributed by atoms with Crippen LogP contribution >= 0.6 is 34.7 Å². The minimum absolute atomic E-state index is 0.0427. The minimum Gasteiger partial charge on any atom is -0.345 e. The molecule has 0 bridgehead atoms. The van der Waals surface area contributed by atoms with Crippen LogP contribution < -0.4 is 4.90 Å². The molecule has 26 heavy (non-hydrogen) atoms. The summed E-state index contributed by atoms with van der Waals surface area (Å²) >= 11 is 9.45. The Morgan fingerprint density at radius 1 is 1.15 bits per heavy atom. The molecule has 1 saturated heterocycles. The third-order valence-corrected chi connectivity index (χ3v) is 6.59. The van der Waals surface area contributed by atoms with Crippen LogP contribution in [0.15, 0.2) is 47.4 Å². The number of hydrogen-bond donors (Lipinski definition) is 0. The van der Waals surface area contributed by atoms with Crippen LogP contribution in [0.25, 0.3) is 10.2 Å². The van der Waals surface area contributed by atoms with E-state index < -0.39 is 0 Å². The van der Waals surface area contributed by atoms with Crippen LogP contribution in [0.2, 0.25) is 5.02 Å². The number of thioether (sulfide) groups is 1. The summed E-state index contributed by atoms with van der Waals surface area (Å²) in [4.78, 5) is 22.9. The molecule has 1 aromatic heterocycles. The van der Waals surface area contributed by atoms with Gasteiger partial charge in [0.05, 0.1) is 10.2 Å². The minimum atomic E-state index is 0.0427. The van der Waals surface area contributed by atoms with Gasteiger partial charge in [0, 0.05) is 41.7 Å². The van der Waals surface area contributed by atoms with E-state index in [-0.39, 0.29) is 5.91 Å². The molecule has 0 N–H and O–H groups in total. The molecule has 0 spiro atoms. The van der Waals surface area contributed by atoms with E-state index in [2.05, 4.69) is 29.4 Å². The maximum Gasteiger partial charge on any atom is 0.254 e. The van der Waals surface area contributed by atoms with Crippen molar-refractivity contribution in [2.24, 2.45) is 0 Å². The van der Waals surface area contributed by atoms with Crippen LogP contribution in [0.4, 0.5) is 5.13 Å². The van der Waals surface area contributed by atoms with E-state index in [1.54, 1.807) is 35.2 Å². The van der Waals surface area contributed by atoms with E-state index in [1.165, 1.54) is 9.60 Å². The topological polar surface area (TPSA) is 36.4 Å². The molecule has 1 aliphatic heterocycles. The summed E-state index contributed by atoms with van der Waals surface area (Å²) in [6, 6.07) is 13.5. The van der Waals surface area contributed by atoms with Crippen molar-refractivity contribution in [2.45, 2.75) is 4.90 Å². The van der Waals surface area contributed by atoms with Crippen LogP contribution in [0.3, 0.4) is 0 Å². The summed E-state index contributed by atoms with van der Waals surface area (Å²) in [5.41, 5.74) is 1.73. The van der Waals surface area contributed by atoms with Crippen molar-refractivity contribution in [3.05, 3.63) is 53.1 Å². The summed E-state index contributed by atoms with van der Waals surface area (Å²) < 4.78 is 1.21. The van der Waals surface area contributed by atoms with Gasteiger partial charge in [-0.15, -0.1) is 11.8 Å². The number of piperazine rings is 1. The summed E-state index contributed by atoms with van der Waals surface area (Å²) in [6.07, 6.45) is 2.08. The molecule has 4 rings (SSSR count). The molecule has 1 amide bonds. The molecule has 7 heteroatoms. The van der Waals surface area contributed by atoms with Gasteiger partial charge in [0.1, 0.15) is 0 Å². The highest BCUT2D eigenvalue weighted by atomic mass is 35.5. The highest BCUT2D eigenvalue weighted by Gasteiger charge is 2.24. The fourth-order valence-electron chi connectivity index (χ4n) is 3.12. The van der Waals surface area contributed by atoms with Crippen LogP contribution in [0, 0.1) is 0 Å². The van der Waals surface area contributed by atoms with E-state index >= 15 is 0 Å². The first-order chi connectivity index (χ1) is 12.7. The molecule has 4 nitrogen and oxygen atoms in total. The number of aromatic nitrogens is 1. The van der Waals surface area contributed by atoms with Crippen LogP contribution in [-0.2, 0) is 0 Å². The van der Waals surface area contributed by atoms with Crippen LogP contribution in [-0.4, -0.2) is 48.2 Å². The zero-order valence-corrected chi connectivity index (χ0v) is 16.7. The normalized spacial score (nSPS) is 14.8. The first-order valence-electron chi connectivity index (χ1n) is 8.39. The molecule has 0 radical (unpaired) electrons. The Hall–Kier alpha value is -1.76. The number of thiazole rings is 1. The van der Waals surface area contributed by atoms with E-state index in [1.807, 2.05) is 17.0 Å². The van der Waals surface area contributed by atoms with Gasteiger partial charge in [0.25, 0.3) is 5.91 Å². The summed E-state index contributed by atoms with van der Waals surface area (Å²) in [5, 5.41) is 1.63. The largest absolute Gasteiger partial charge is 0.345 e. The highest BCUT2D eigenvalue weighted by molar-refractivity contribution is 7.98. The molecule has 2 aromatic carbocycles. The zero-order valence-electron chi connectivity index (χ0n) is 14.3. The first-order valence-corrected chi connectivity index (χ1v) is 10.8. The molecule has 134 valence electrons. The Bertz CT molecular complexity index is 951. The molecular formula is C19H18ClN3OS2. The van der Waals surface area contributed by atoms with Gasteiger partial charge >= 0.3 is 0 Å². The van der Waals surface area contributed by atoms with Gasteiger partial charge in [-0.1, -0.05) is 35.1 Å². The average molecular weight is 404 g/mol. The molecular weight excluding hydrogens is 386 g/mol. The maximum atomic E-state index is 12.7. The molecule has 1 aliphatic rings. The van der Waals surface area contributed by atoms with Gasteiger partial charge in [0.2, 0.25) is 0 Å². The fraction of sp³-hybridized carbons (Fsp3) is 0.263. The predicted octanol–water partition coefficient (Wildman–Crippen LogP) is 4.63. The second-order valence-electron chi connectivity index (χ2n) is 6.09. The van der Waals surface area contributed by atoms with Gasteiger partial charge in [0.15, 0.2) is 5.13 Å². The number of carbonyl (C=O) groups is 1. The lowest BCUT2D eigenvalue weighted by molar-refractivity contribution is 0.0747. The van der Waals surface area contributed by atoms with Gasteiger partial charge < -0.3 is 9.80 Å². The number of nitrogens with zero attached hydrogens (tertiary/aromatic N) is 3. The summed E-state index contributed by atoms with van der Waals surface area (Å²) in [6.45, 7) is 2.97. The summed E-state index contributed by atoms with van der Waals surface area (Å²) in [5.74, 6) is 0.0427. The van der Waals surface area contributed by atoms with Crippen molar-refractivity contribution >= 4 is 56.0 Å². The van der Waals surface area contributed by atoms with Gasteiger partial charge in [-0.3, -0.25) is 4.79 Å². The number of rotatable bonds is 3. The van der Waals surface area contributed by atoms with E-state index in [0.29, 0.717) is 23.7 Å². The van der Waals surface area contributed by atoms with Crippen LogP contribution in [0.1, 0.15) is 10.4 Å². The predicted molar refractivity (Wildman–Crippen MR) is 111 cm³/mol. The SMILES string of the molecule is CSc1cccc2sc(N3CCN(C(=O)c4cccc(Cl)c4)CC3)nc12. The smallest absolute Gasteiger partial charge is 0.254 e. The zero-order chi connectivity index (χ0) is 18.1. The monoisotopic (exact) mass is 403 g/mol. The average Bonchev–Trinajstić information content (AvgIpc) is 3.12. The fourth-order valence-corrected chi connectivity index (χ4v) is 4.98. The van der Waals surface area contributed by atoms with E-state index in [0.717, 1.165) is 23.7 Å². The Balaban J connectivity index is 1.47. The molecule has 0 unspecified atom stereocenters. The van der Waals surface area contributed by atoms with Crippen molar-refractivity contribution < 1.29 is 4.79 Å². The molecule has 1 fully saturated rings. The number of anilines is 1. The van der Waals surface area contributed by atoms with Gasteiger partial charge in [-0.2, -0.15) is 0 Å². The Morgan fingerprint density at radius 3 is 2.65 bits per heavy atom. The third kappa shape index (κ3) is 3.41. The Morgan fingerprint density at radius 2 is 1.92 bits per heavy atom. The number of fused-ring (bicyclic) bond motifs is 1. The quantitative estimate of drug-likeness (QED) is 0.597. The number of benzene rings is 2. The third-order valence-electron chi connectivity index (χ3n) is 4.50. The lowest BCUT2D eigenvalue weighted by atomic mass is 10.2. The maximum absolute atomic E-state index is 12.7. The lowest BCUT2D eigenvalue weighted by Gasteiger charge is -2.34. The molecule has 0 saturated carbocycles. The second-order valence-corrected chi connectivity index (χ2v) is 8.39. The molecule has 0 aliphatic carbocycles. The van der Waals surface area contributed by atoms with Crippen molar-refractivity contribution in [1.82, 2.24) is 9.88 Å². The Kier molecular flexibility index (Phi) is 5.07. The van der Waals surface area contributed by atoms with E-state index in [4.69, 9.17) is 16.6 Å². The van der Waals surface area contributed by atoms with Crippen molar-refractivity contribution in [3.8, 4) is 0 Å². The molecule has 0 atom stereocenters. The van der Waals surface area contributed by atoms with E-state index in [9.17, 15) is 4.79 Å².